The van der Waals surface area contributed by atoms with Crippen molar-refractivity contribution in [3.8, 4) is 0 Å². The highest BCUT2D eigenvalue weighted by Gasteiger charge is 2.23. The van der Waals surface area contributed by atoms with Crippen LogP contribution in [0.25, 0.3) is 0 Å². The van der Waals surface area contributed by atoms with Crippen LogP contribution in [0, 0.1) is 0 Å². The Morgan fingerprint density at radius 2 is 2.05 bits per heavy atom. The number of carbonyl (C=O) groups excluding carboxylic acids is 1. The first-order valence-electron chi connectivity index (χ1n) is 7.65. The first kappa shape index (κ1) is 18.3. The summed E-state index contributed by atoms with van der Waals surface area (Å²) in [5.74, 6) is -0.175. The van der Waals surface area contributed by atoms with Gasteiger partial charge in [0, 0.05) is 11.7 Å². The Morgan fingerprint density at radius 3 is 2.55 bits per heavy atom. The predicted molar refractivity (Wildman–Crippen MR) is 94.9 cm³/mol. The monoisotopic (exact) mass is 320 g/mol. The minimum absolute atomic E-state index is 0.175. The minimum atomic E-state index is -0.175. The number of halogens is 1. The van der Waals surface area contributed by atoms with Gasteiger partial charge in [-0.15, -0.1) is 0 Å². The van der Waals surface area contributed by atoms with Crippen LogP contribution in [-0.2, 0) is 4.79 Å². The van der Waals surface area contributed by atoms with Crippen LogP contribution in [0.1, 0.15) is 40.5 Å². The first-order chi connectivity index (χ1) is 10.5. The number of amides is 1. The van der Waals surface area contributed by atoms with Gasteiger partial charge in [0.1, 0.15) is 5.70 Å². The van der Waals surface area contributed by atoms with E-state index < -0.39 is 0 Å². The van der Waals surface area contributed by atoms with E-state index >= 15 is 0 Å². The molecule has 0 aliphatic carbocycles. The van der Waals surface area contributed by atoms with E-state index in [1.165, 1.54) is 0 Å². The summed E-state index contributed by atoms with van der Waals surface area (Å²) >= 11 is 6.11. The van der Waals surface area contributed by atoms with Crippen LogP contribution in [-0.4, -0.2) is 16.8 Å². The molecule has 1 N–H and O–H groups in total. The zero-order valence-electron chi connectivity index (χ0n) is 13.8. The molecule has 0 bridgehead atoms. The van der Waals surface area contributed by atoms with Crippen molar-refractivity contribution < 1.29 is 4.79 Å². The highest BCUT2D eigenvalue weighted by Crippen LogP contribution is 2.24. The highest BCUT2D eigenvalue weighted by atomic mass is 35.5. The summed E-state index contributed by atoms with van der Waals surface area (Å²) in [7, 11) is 0. The van der Waals surface area contributed by atoms with E-state index in [0.29, 0.717) is 16.4 Å². The molecule has 0 fully saturated rings. The van der Waals surface area contributed by atoms with E-state index in [1.807, 2.05) is 37.0 Å². The molecule has 0 saturated heterocycles. The molecule has 0 aromatic heterocycles. The smallest absolute Gasteiger partial charge is 0.271 e. The van der Waals surface area contributed by atoms with Crippen molar-refractivity contribution in [3.05, 3.63) is 53.3 Å². The lowest BCUT2D eigenvalue weighted by Crippen LogP contribution is -2.36. The molecule has 1 aromatic carbocycles. The van der Waals surface area contributed by atoms with Crippen LogP contribution in [0.4, 0.5) is 5.69 Å². The minimum Gasteiger partial charge on any atom is -0.339 e. The molecular formula is C18H25ClN2O. The maximum atomic E-state index is 12.7. The van der Waals surface area contributed by atoms with E-state index in [2.05, 4.69) is 25.7 Å². The number of nitrogens with zero attached hydrogens (tertiary/aromatic N) is 1. The number of rotatable bonds is 7. The van der Waals surface area contributed by atoms with Crippen molar-refractivity contribution in [2.75, 3.05) is 5.32 Å². The molecule has 3 nitrogen and oxygen atoms in total. The van der Waals surface area contributed by atoms with Crippen molar-refractivity contribution in [2.45, 2.75) is 46.6 Å². The summed E-state index contributed by atoms with van der Waals surface area (Å²) in [6.07, 6.45) is 3.54. The third kappa shape index (κ3) is 4.38. The Labute approximate surface area is 138 Å². The maximum absolute atomic E-state index is 12.7. The molecule has 1 rings (SSSR count). The number of nitrogens with one attached hydrogen (secondary N) is 1. The van der Waals surface area contributed by atoms with Gasteiger partial charge in [-0.3, -0.25) is 4.79 Å². The molecule has 1 aromatic rings. The number of hydrogen-bond donors (Lipinski definition) is 1. The number of benzene rings is 1. The lowest BCUT2D eigenvalue weighted by molar-refractivity contribution is -0.114. The fraction of sp³-hybridized carbons (Fsp3) is 0.389. The third-order valence-electron chi connectivity index (χ3n) is 3.67. The Hall–Kier alpha value is -1.74. The SMILES string of the molecule is C=C(CC)N(/C(=C\C)C(=O)Nc1ccccc1Cl)[C@@H](C)CC. The van der Waals surface area contributed by atoms with Gasteiger partial charge in [0.2, 0.25) is 0 Å². The van der Waals surface area contributed by atoms with Crippen molar-refractivity contribution in [3.63, 3.8) is 0 Å². The zero-order valence-corrected chi connectivity index (χ0v) is 14.6. The summed E-state index contributed by atoms with van der Waals surface area (Å²) in [4.78, 5) is 14.7. The molecule has 0 heterocycles. The second-order valence-corrected chi connectivity index (χ2v) is 5.56. The number of hydrogen-bond acceptors (Lipinski definition) is 2. The summed E-state index contributed by atoms with van der Waals surface area (Å²) in [5.41, 5.74) is 2.14. The number of carbonyl (C=O) groups is 1. The lowest BCUT2D eigenvalue weighted by atomic mass is 10.1. The first-order valence-corrected chi connectivity index (χ1v) is 8.03. The van der Waals surface area contributed by atoms with Gasteiger partial charge < -0.3 is 10.2 Å². The molecule has 120 valence electrons. The number of para-hydroxylation sites is 1. The van der Waals surface area contributed by atoms with Gasteiger partial charge in [0.05, 0.1) is 10.7 Å². The Balaban J connectivity index is 3.05. The van der Waals surface area contributed by atoms with E-state index in [-0.39, 0.29) is 11.9 Å². The summed E-state index contributed by atoms with van der Waals surface area (Å²) in [5, 5.41) is 3.40. The molecule has 0 aliphatic heterocycles. The lowest BCUT2D eigenvalue weighted by Gasteiger charge is -2.33. The summed E-state index contributed by atoms with van der Waals surface area (Å²) in [6.45, 7) is 12.2. The summed E-state index contributed by atoms with van der Waals surface area (Å²) < 4.78 is 0. The Morgan fingerprint density at radius 1 is 1.41 bits per heavy atom. The molecule has 1 atom stereocenters. The van der Waals surface area contributed by atoms with E-state index in [1.54, 1.807) is 12.1 Å². The number of anilines is 1. The predicted octanol–water partition coefficient (Wildman–Crippen LogP) is 5.21. The van der Waals surface area contributed by atoms with Gasteiger partial charge in [-0.25, -0.2) is 0 Å². The third-order valence-corrected chi connectivity index (χ3v) is 4.00. The largest absolute Gasteiger partial charge is 0.339 e. The molecule has 4 heteroatoms. The average molecular weight is 321 g/mol. The fourth-order valence-electron chi connectivity index (χ4n) is 2.20. The second kappa shape index (κ2) is 8.64. The van der Waals surface area contributed by atoms with Crippen LogP contribution in [0.5, 0.6) is 0 Å². The molecule has 1 amide bonds. The fourth-order valence-corrected chi connectivity index (χ4v) is 2.38. The second-order valence-electron chi connectivity index (χ2n) is 5.15. The van der Waals surface area contributed by atoms with Crippen LogP contribution < -0.4 is 5.32 Å². The molecule has 0 radical (unpaired) electrons. The molecular weight excluding hydrogens is 296 g/mol. The van der Waals surface area contributed by atoms with Crippen molar-refractivity contribution in [1.82, 2.24) is 4.90 Å². The molecule has 0 unspecified atom stereocenters. The van der Waals surface area contributed by atoms with Gasteiger partial charge in [-0.2, -0.15) is 0 Å². The van der Waals surface area contributed by atoms with Crippen LogP contribution >= 0.6 is 11.6 Å². The standard InChI is InChI=1S/C18H25ClN2O/c1-6-13(4)21(14(5)7-2)17(8-3)18(22)20-16-12-10-9-11-15(16)19/h8-12,14H,4,6-7H2,1-3,5H3,(H,20,22)/b17-8-/t14-/m0/s1. The van der Waals surface area contributed by atoms with E-state index in [0.717, 1.165) is 18.5 Å². The topological polar surface area (TPSA) is 32.3 Å². The highest BCUT2D eigenvalue weighted by molar-refractivity contribution is 6.33. The van der Waals surface area contributed by atoms with Gasteiger partial charge in [-0.05, 0) is 38.8 Å². The maximum Gasteiger partial charge on any atom is 0.271 e. The average Bonchev–Trinajstić information content (AvgIpc) is 2.53. The Bertz CT molecular complexity index is 566. The van der Waals surface area contributed by atoms with Crippen molar-refractivity contribution in [2.24, 2.45) is 0 Å². The van der Waals surface area contributed by atoms with Crippen LogP contribution in [0.15, 0.2) is 48.3 Å². The van der Waals surface area contributed by atoms with Gasteiger partial charge in [-0.1, -0.05) is 50.2 Å². The normalized spacial score (nSPS) is 12.7. The number of allylic oxidation sites excluding steroid dienone is 2. The molecule has 0 saturated carbocycles. The molecule has 22 heavy (non-hydrogen) atoms. The quantitative estimate of drug-likeness (QED) is 0.700. The zero-order chi connectivity index (χ0) is 16.7. The molecule has 0 aliphatic rings. The van der Waals surface area contributed by atoms with Crippen molar-refractivity contribution >= 4 is 23.2 Å². The summed E-state index contributed by atoms with van der Waals surface area (Å²) in [6, 6.07) is 7.42. The van der Waals surface area contributed by atoms with Crippen molar-refractivity contribution in [1.29, 1.82) is 0 Å². The Kier molecular flexibility index (Phi) is 7.19. The van der Waals surface area contributed by atoms with Gasteiger partial charge >= 0.3 is 0 Å². The molecule has 0 spiro atoms. The van der Waals surface area contributed by atoms with Gasteiger partial charge in [0.25, 0.3) is 5.91 Å². The van der Waals surface area contributed by atoms with Gasteiger partial charge in [0.15, 0.2) is 0 Å². The van der Waals surface area contributed by atoms with E-state index in [9.17, 15) is 4.79 Å². The van der Waals surface area contributed by atoms with Crippen LogP contribution in [0.3, 0.4) is 0 Å². The van der Waals surface area contributed by atoms with Crippen LogP contribution in [0.2, 0.25) is 5.02 Å². The van der Waals surface area contributed by atoms with E-state index in [4.69, 9.17) is 11.6 Å².